The molecule has 0 bridgehead atoms. The maximum atomic E-state index is 13.4. The fourth-order valence-electron chi connectivity index (χ4n) is 3.96. The summed E-state index contributed by atoms with van der Waals surface area (Å²) in [5.74, 6) is 0.317. The Balaban J connectivity index is 1.55. The lowest BCUT2D eigenvalue weighted by atomic mass is 9.97. The van der Waals surface area contributed by atoms with E-state index < -0.39 is 17.4 Å². The van der Waals surface area contributed by atoms with E-state index in [2.05, 4.69) is 20.3 Å². The minimum Gasteiger partial charge on any atom is -0.444 e. The van der Waals surface area contributed by atoms with E-state index in [0.29, 0.717) is 43.0 Å². The van der Waals surface area contributed by atoms with Gasteiger partial charge in [-0.05, 0) is 52.7 Å². The van der Waals surface area contributed by atoms with Crippen molar-refractivity contribution in [3.8, 4) is 11.4 Å². The molecule has 1 saturated heterocycles. The molecule has 1 fully saturated rings. The van der Waals surface area contributed by atoms with Gasteiger partial charge in [-0.15, -0.1) is 0 Å². The topological polar surface area (TPSA) is 105 Å². The lowest BCUT2D eigenvalue weighted by Gasteiger charge is -2.34. The van der Waals surface area contributed by atoms with Gasteiger partial charge in [0, 0.05) is 37.1 Å². The van der Waals surface area contributed by atoms with Crippen molar-refractivity contribution >= 4 is 17.7 Å². The van der Waals surface area contributed by atoms with Crippen molar-refractivity contribution in [1.29, 1.82) is 0 Å². The number of carbonyl (C=O) groups is 1. The van der Waals surface area contributed by atoms with Gasteiger partial charge in [-0.25, -0.2) is 19.7 Å². The van der Waals surface area contributed by atoms with Crippen molar-refractivity contribution < 1.29 is 27.8 Å². The van der Waals surface area contributed by atoms with Crippen LogP contribution in [0.2, 0.25) is 0 Å². The molecule has 36 heavy (non-hydrogen) atoms. The van der Waals surface area contributed by atoms with Crippen LogP contribution in [-0.2, 0) is 10.3 Å². The number of piperidine rings is 1. The van der Waals surface area contributed by atoms with Crippen LogP contribution in [-0.4, -0.2) is 66.4 Å². The number of aromatic nitrogens is 4. The van der Waals surface area contributed by atoms with Gasteiger partial charge in [0.25, 0.3) is 0 Å². The number of halogens is 3. The van der Waals surface area contributed by atoms with E-state index in [9.17, 15) is 23.1 Å². The van der Waals surface area contributed by atoms with Crippen LogP contribution in [0.1, 0.15) is 46.1 Å². The smallest absolute Gasteiger partial charge is 0.421 e. The Bertz CT molecular complexity index is 1250. The highest BCUT2D eigenvalue weighted by Gasteiger charge is 2.51. The zero-order chi connectivity index (χ0) is 26.3. The molecule has 3 aromatic heterocycles. The van der Waals surface area contributed by atoms with Crippen molar-refractivity contribution in [2.75, 3.05) is 18.4 Å². The zero-order valence-electron chi connectivity index (χ0n) is 20.5. The van der Waals surface area contributed by atoms with Gasteiger partial charge < -0.3 is 20.1 Å². The van der Waals surface area contributed by atoms with E-state index in [1.54, 1.807) is 11.0 Å². The fraction of sp³-hybridized carbons (Fsp3) is 0.500. The Labute approximate surface area is 206 Å². The second-order valence-corrected chi connectivity index (χ2v) is 10.0. The number of pyridine rings is 1. The fourth-order valence-corrected chi connectivity index (χ4v) is 3.96. The van der Waals surface area contributed by atoms with E-state index in [1.807, 2.05) is 20.8 Å². The Kier molecular flexibility index (Phi) is 6.58. The van der Waals surface area contributed by atoms with E-state index in [1.165, 1.54) is 35.1 Å². The Morgan fingerprint density at radius 3 is 2.61 bits per heavy atom. The Morgan fingerprint density at radius 2 is 1.92 bits per heavy atom. The van der Waals surface area contributed by atoms with Gasteiger partial charge in [0.1, 0.15) is 11.2 Å². The molecule has 2 unspecified atom stereocenters. The maximum Gasteiger partial charge on any atom is 0.421 e. The average Bonchev–Trinajstić information content (AvgIpc) is 3.21. The lowest BCUT2D eigenvalue weighted by molar-refractivity contribution is -0.259. The highest BCUT2D eigenvalue weighted by atomic mass is 19.4. The van der Waals surface area contributed by atoms with Crippen LogP contribution < -0.4 is 5.32 Å². The molecule has 0 aliphatic carbocycles. The second kappa shape index (κ2) is 9.23. The number of nitrogens with one attached hydrogen (secondary N) is 1. The molecule has 4 rings (SSSR count). The third kappa shape index (κ3) is 5.38. The van der Waals surface area contributed by atoms with E-state index in [0.717, 1.165) is 12.8 Å². The van der Waals surface area contributed by atoms with Crippen molar-refractivity contribution in [3.05, 3.63) is 42.4 Å². The van der Waals surface area contributed by atoms with Crippen LogP contribution in [0.25, 0.3) is 17.0 Å². The number of fused-ring (bicyclic) bond motifs is 1. The summed E-state index contributed by atoms with van der Waals surface area (Å²) in [7, 11) is 0. The molecule has 194 valence electrons. The number of ether oxygens (including phenoxy) is 1. The lowest BCUT2D eigenvalue weighted by Crippen LogP contribution is -2.47. The molecule has 1 aliphatic rings. The van der Waals surface area contributed by atoms with Crippen molar-refractivity contribution in [1.82, 2.24) is 24.3 Å². The average molecular weight is 507 g/mol. The number of hydrogen-bond acceptors (Lipinski definition) is 7. The second-order valence-electron chi connectivity index (χ2n) is 10.0. The monoisotopic (exact) mass is 506 g/mol. The number of likely N-dealkylation sites (tertiary alicyclic amines) is 1. The van der Waals surface area contributed by atoms with Gasteiger partial charge in [0.2, 0.25) is 5.95 Å². The van der Waals surface area contributed by atoms with Crippen molar-refractivity contribution in [2.45, 2.75) is 64.0 Å². The number of anilines is 1. The van der Waals surface area contributed by atoms with E-state index in [-0.39, 0.29) is 17.7 Å². The standard InChI is InChI=1S/C24H29F3N6O3/c1-22(2,3)36-21(34)32-11-5-6-16(14-32)30-20-28-10-9-17(31-20)18-12-29-19-8-7-15(13-33(18)19)23(4,35)24(25,26)27/h7-10,12-13,16,35H,5-6,11,14H2,1-4H3,(H,28,30,31). The summed E-state index contributed by atoms with van der Waals surface area (Å²) in [6.45, 7) is 7.18. The molecule has 3 aromatic rings. The number of rotatable bonds is 4. The van der Waals surface area contributed by atoms with Crippen LogP contribution in [0, 0.1) is 0 Å². The van der Waals surface area contributed by atoms with E-state index in [4.69, 9.17) is 4.74 Å². The van der Waals surface area contributed by atoms with Gasteiger partial charge in [0.15, 0.2) is 5.60 Å². The van der Waals surface area contributed by atoms with Crippen LogP contribution in [0.5, 0.6) is 0 Å². The molecular weight excluding hydrogens is 477 g/mol. The maximum absolute atomic E-state index is 13.4. The molecule has 1 amide bonds. The number of hydrogen-bond donors (Lipinski definition) is 2. The summed E-state index contributed by atoms with van der Waals surface area (Å²) in [6.07, 6.45) is 0.609. The zero-order valence-corrected chi connectivity index (χ0v) is 20.5. The minimum absolute atomic E-state index is 0.0998. The molecule has 0 spiro atoms. The van der Waals surface area contributed by atoms with Gasteiger partial charge >= 0.3 is 12.3 Å². The molecule has 2 N–H and O–H groups in total. The van der Waals surface area contributed by atoms with Crippen LogP contribution in [0.3, 0.4) is 0 Å². The van der Waals surface area contributed by atoms with Crippen LogP contribution in [0.15, 0.2) is 36.8 Å². The quantitative estimate of drug-likeness (QED) is 0.541. The van der Waals surface area contributed by atoms with Crippen molar-refractivity contribution in [2.24, 2.45) is 0 Å². The highest BCUT2D eigenvalue weighted by Crippen LogP contribution is 2.38. The van der Waals surface area contributed by atoms with Gasteiger partial charge in [-0.1, -0.05) is 6.07 Å². The largest absolute Gasteiger partial charge is 0.444 e. The SMILES string of the molecule is CC(C)(C)OC(=O)N1CCCC(Nc2nccc(-c3cnc4ccc(C(C)(O)C(F)(F)F)cn34)n2)C1. The number of amides is 1. The summed E-state index contributed by atoms with van der Waals surface area (Å²) >= 11 is 0. The Hall–Kier alpha value is -3.41. The number of alkyl halides is 3. The molecule has 0 radical (unpaired) electrons. The third-order valence-electron chi connectivity index (χ3n) is 5.94. The molecule has 12 heteroatoms. The van der Waals surface area contributed by atoms with Crippen LogP contribution in [0.4, 0.5) is 23.9 Å². The number of imidazole rings is 1. The number of carbonyl (C=O) groups excluding carboxylic acids is 1. The molecule has 0 aromatic carbocycles. The first-order valence-corrected chi connectivity index (χ1v) is 11.6. The predicted molar refractivity (Wildman–Crippen MR) is 126 cm³/mol. The third-order valence-corrected chi connectivity index (χ3v) is 5.94. The molecule has 9 nitrogen and oxygen atoms in total. The summed E-state index contributed by atoms with van der Waals surface area (Å²) in [5.41, 5.74) is -2.66. The first-order chi connectivity index (χ1) is 16.7. The first kappa shape index (κ1) is 25.7. The number of aliphatic hydroxyl groups is 1. The summed E-state index contributed by atoms with van der Waals surface area (Å²) in [5, 5.41) is 13.3. The predicted octanol–water partition coefficient (Wildman–Crippen LogP) is 4.37. The van der Waals surface area contributed by atoms with Gasteiger partial charge in [-0.3, -0.25) is 4.40 Å². The molecular formula is C24H29F3N6O3. The van der Waals surface area contributed by atoms with E-state index >= 15 is 0 Å². The first-order valence-electron chi connectivity index (χ1n) is 11.6. The minimum atomic E-state index is -4.85. The molecule has 1 aliphatic heterocycles. The molecule has 2 atom stereocenters. The highest BCUT2D eigenvalue weighted by molar-refractivity contribution is 5.68. The van der Waals surface area contributed by atoms with Crippen molar-refractivity contribution in [3.63, 3.8) is 0 Å². The summed E-state index contributed by atoms with van der Waals surface area (Å²) < 4.78 is 47.0. The Morgan fingerprint density at radius 1 is 1.17 bits per heavy atom. The normalized spacial score (nSPS) is 18.7. The van der Waals surface area contributed by atoms with Gasteiger partial charge in [-0.2, -0.15) is 13.2 Å². The van der Waals surface area contributed by atoms with Crippen LogP contribution >= 0.6 is 0 Å². The molecule has 0 saturated carbocycles. The van der Waals surface area contributed by atoms with Gasteiger partial charge in [0.05, 0.1) is 17.6 Å². The number of nitrogens with zero attached hydrogens (tertiary/aromatic N) is 5. The molecule has 4 heterocycles. The summed E-state index contributed by atoms with van der Waals surface area (Å²) in [6, 6.07) is 4.13. The summed E-state index contributed by atoms with van der Waals surface area (Å²) in [4.78, 5) is 27.1.